The van der Waals surface area contributed by atoms with Crippen LogP contribution in [0.25, 0.3) is 0 Å². The summed E-state index contributed by atoms with van der Waals surface area (Å²) in [5.74, 6) is -0.215. The van der Waals surface area contributed by atoms with Gasteiger partial charge in [0.25, 0.3) is 0 Å². The van der Waals surface area contributed by atoms with Crippen LogP contribution < -0.4 is 4.72 Å². The molecule has 0 amide bonds. The Labute approximate surface area is 157 Å². The average molecular weight is 394 g/mol. The van der Waals surface area contributed by atoms with Crippen molar-refractivity contribution in [1.82, 2.24) is 4.72 Å². The minimum atomic E-state index is -3.76. The molecule has 0 spiro atoms. The number of hydrogen-bond donors (Lipinski definition) is 2. The van der Waals surface area contributed by atoms with Gasteiger partial charge >= 0.3 is 0 Å². The Balaban J connectivity index is 2.01. The lowest BCUT2D eigenvalue weighted by atomic mass is 10.0. The quantitative estimate of drug-likeness (QED) is 0.765. The van der Waals surface area contributed by atoms with Crippen LogP contribution in [0.5, 0.6) is 0 Å². The molecule has 0 heterocycles. The van der Waals surface area contributed by atoms with Gasteiger partial charge < -0.3 is 4.55 Å². The first kappa shape index (κ1) is 19.2. The van der Waals surface area contributed by atoms with Crippen molar-refractivity contribution in [2.45, 2.75) is 38.1 Å². The van der Waals surface area contributed by atoms with Crippen LogP contribution in [-0.4, -0.2) is 22.9 Å². The summed E-state index contributed by atoms with van der Waals surface area (Å²) in [7, 11) is -3.76. The van der Waals surface area contributed by atoms with Gasteiger partial charge in [-0.2, -0.15) is 0 Å². The van der Waals surface area contributed by atoms with Gasteiger partial charge in [0.1, 0.15) is 0 Å². The van der Waals surface area contributed by atoms with E-state index in [1.54, 1.807) is 13.8 Å². The van der Waals surface area contributed by atoms with E-state index in [0.717, 1.165) is 16.7 Å². The Morgan fingerprint density at radius 3 is 2.38 bits per heavy atom. The van der Waals surface area contributed by atoms with Crippen molar-refractivity contribution in [2.75, 3.05) is 5.75 Å². The Morgan fingerprint density at radius 1 is 1.15 bits per heavy atom. The monoisotopic (exact) mass is 393 g/mol. The second kappa shape index (κ2) is 7.23. The largest absolute Gasteiger partial charge is 0.306 e. The van der Waals surface area contributed by atoms with E-state index in [0.29, 0.717) is 17.5 Å². The first-order chi connectivity index (χ1) is 12.2. The minimum Gasteiger partial charge on any atom is -0.306 e. The van der Waals surface area contributed by atoms with E-state index in [9.17, 15) is 17.2 Å². The molecule has 1 aliphatic rings. The second-order valence-corrected chi connectivity index (χ2v) is 9.61. The Bertz CT molecular complexity index is 946. The Kier molecular flexibility index (Phi) is 5.35. The van der Waals surface area contributed by atoms with Crippen molar-refractivity contribution in [3.8, 4) is 0 Å². The van der Waals surface area contributed by atoms with E-state index in [-0.39, 0.29) is 16.6 Å². The summed E-state index contributed by atoms with van der Waals surface area (Å²) in [4.78, 5) is 0.288. The second-order valence-electron chi connectivity index (χ2n) is 6.98. The summed E-state index contributed by atoms with van der Waals surface area (Å²) in [5, 5.41) is 0. The molecule has 0 aliphatic heterocycles. The lowest BCUT2D eigenvalue weighted by Gasteiger charge is -2.22. The highest BCUT2D eigenvalue weighted by Crippen LogP contribution is 2.38. The molecule has 5 nitrogen and oxygen atoms in total. The number of aryl methyl sites for hydroxylation is 3. The third kappa shape index (κ3) is 3.76. The van der Waals surface area contributed by atoms with Crippen LogP contribution in [0.2, 0.25) is 0 Å². The molecule has 2 N–H and O–H groups in total. The van der Waals surface area contributed by atoms with E-state index < -0.39 is 27.1 Å². The van der Waals surface area contributed by atoms with Crippen molar-refractivity contribution >= 4 is 21.1 Å². The van der Waals surface area contributed by atoms with Crippen molar-refractivity contribution in [3.05, 3.63) is 64.2 Å². The molecule has 0 radical (unpaired) electrons. The van der Waals surface area contributed by atoms with Gasteiger partial charge in [0.05, 0.1) is 16.7 Å². The maximum absolute atomic E-state index is 13.1. The third-order valence-electron chi connectivity index (χ3n) is 4.86. The SMILES string of the molecule is Cc1cc(C)c(S(=O)(=O)N[C@H]2c3ccccc3C[C@@H]2CS(=O)O)c(C)c1. The fourth-order valence-electron chi connectivity index (χ4n) is 3.99. The standard InChI is InChI=1S/C19H23NO4S2/c1-12-8-13(2)19(14(3)9-12)26(23,24)20-18-16(11-25(21)22)10-15-6-4-5-7-17(15)18/h4-9,16,18,20H,10-11H2,1-3H3,(H,21,22)/t16-,18-/m1/s1. The summed E-state index contributed by atoms with van der Waals surface area (Å²) >= 11 is -1.98. The number of nitrogens with one attached hydrogen (secondary N) is 1. The zero-order valence-corrected chi connectivity index (χ0v) is 16.7. The summed E-state index contributed by atoms with van der Waals surface area (Å²) in [6, 6.07) is 10.8. The summed E-state index contributed by atoms with van der Waals surface area (Å²) in [6.45, 7) is 5.51. The molecular weight excluding hydrogens is 370 g/mol. The number of benzene rings is 2. The molecule has 2 aromatic carbocycles. The smallest absolute Gasteiger partial charge is 0.241 e. The van der Waals surface area contributed by atoms with E-state index in [1.807, 2.05) is 43.3 Å². The molecule has 1 unspecified atom stereocenters. The van der Waals surface area contributed by atoms with Crippen molar-refractivity contribution in [2.24, 2.45) is 5.92 Å². The van der Waals surface area contributed by atoms with Gasteiger partial charge in [-0.1, -0.05) is 42.0 Å². The summed E-state index contributed by atoms with van der Waals surface area (Å²) in [6.07, 6.45) is 0.585. The highest BCUT2D eigenvalue weighted by atomic mass is 32.2. The third-order valence-corrected chi connectivity index (χ3v) is 7.31. The average Bonchev–Trinajstić information content (AvgIpc) is 2.82. The molecule has 3 rings (SSSR count). The highest BCUT2D eigenvalue weighted by Gasteiger charge is 2.37. The highest BCUT2D eigenvalue weighted by molar-refractivity contribution is 7.89. The number of fused-ring (bicyclic) bond motifs is 1. The maximum Gasteiger partial charge on any atom is 0.241 e. The van der Waals surface area contributed by atoms with E-state index in [4.69, 9.17) is 0 Å². The van der Waals surface area contributed by atoms with Gasteiger partial charge in [-0.25, -0.2) is 17.3 Å². The zero-order valence-electron chi connectivity index (χ0n) is 15.0. The Hall–Kier alpha value is -1.54. The number of rotatable bonds is 5. The predicted molar refractivity (Wildman–Crippen MR) is 103 cm³/mol. The fraction of sp³-hybridized carbons (Fsp3) is 0.368. The van der Waals surface area contributed by atoms with Gasteiger partial charge in [0.2, 0.25) is 10.0 Å². The van der Waals surface area contributed by atoms with Crippen molar-refractivity contribution in [1.29, 1.82) is 0 Å². The van der Waals surface area contributed by atoms with Crippen molar-refractivity contribution in [3.63, 3.8) is 0 Å². The molecule has 1 aliphatic carbocycles. The molecule has 0 saturated heterocycles. The van der Waals surface area contributed by atoms with E-state index in [1.165, 1.54) is 0 Å². The van der Waals surface area contributed by atoms with Gasteiger partial charge in [-0.3, -0.25) is 0 Å². The molecule has 3 atom stereocenters. The van der Waals surface area contributed by atoms with Crippen molar-refractivity contribution < 1.29 is 17.2 Å². The maximum atomic E-state index is 13.1. The van der Waals surface area contributed by atoms with Gasteiger partial charge in [0.15, 0.2) is 11.1 Å². The van der Waals surface area contributed by atoms with Gasteiger partial charge in [0, 0.05) is 0 Å². The molecule has 2 aromatic rings. The lowest BCUT2D eigenvalue weighted by molar-refractivity contribution is 0.455. The predicted octanol–water partition coefficient (Wildman–Crippen LogP) is 3.03. The summed E-state index contributed by atoms with van der Waals surface area (Å²) < 4.78 is 49.8. The van der Waals surface area contributed by atoms with Crippen LogP contribution in [-0.2, 0) is 27.5 Å². The molecule has 7 heteroatoms. The van der Waals surface area contributed by atoms with Crippen LogP contribution >= 0.6 is 0 Å². The first-order valence-corrected chi connectivity index (χ1v) is 11.2. The summed E-state index contributed by atoms with van der Waals surface area (Å²) in [5.41, 5.74) is 4.31. The van der Waals surface area contributed by atoms with Crippen LogP contribution in [0.4, 0.5) is 0 Å². The van der Waals surface area contributed by atoms with Crippen LogP contribution in [0.1, 0.15) is 33.9 Å². The molecule has 140 valence electrons. The molecule has 0 aromatic heterocycles. The number of sulfonamides is 1. The lowest BCUT2D eigenvalue weighted by Crippen LogP contribution is -2.34. The number of hydrogen-bond acceptors (Lipinski definition) is 3. The molecule has 0 bridgehead atoms. The fourth-order valence-corrected chi connectivity index (χ4v) is 6.41. The molecule has 0 saturated carbocycles. The Morgan fingerprint density at radius 2 is 1.77 bits per heavy atom. The molecule has 0 fully saturated rings. The minimum absolute atomic E-state index is 0.0354. The topological polar surface area (TPSA) is 83.5 Å². The van der Waals surface area contributed by atoms with Crippen LogP contribution in [0, 0.1) is 26.7 Å². The van der Waals surface area contributed by atoms with E-state index in [2.05, 4.69) is 4.72 Å². The first-order valence-electron chi connectivity index (χ1n) is 8.44. The van der Waals surface area contributed by atoms with E-state index >= 15 is 0 Å². The zero-order chi connectivity index (χ0) is 19.1. The van der Waals surface area contributed by atoms with Gasteiger partial charge in [-0.05, 0) is 55.4 Å². The molecular formula is C19H23NO4S2. The normalized spacial score (nSPS) is 20.8. The molecule has 26 heavy (non-hydrogen) atoms. The van der Waals surface area contributed by atoms with Crippen LogP contribution in [0.3, 0.4) is 0 Å². The van der Waals surface area contributed by atoms with Gasteiger partial charge in [-0.15, -0.1) is 0 Å². The van der Waals surface area contributed by atoms with Crippen LogP contribution in [0.15, 0.2) is 41.3 Å².